The number of hydrogen-bond acceptors (Lipinski definition) is 4. The van der Waals surface area contributed by atoms with Crippen LogP contribution in [0.5, 0.6) is 0 Å². The Morgan fingerprint density at radius 1 is 1.58 bits per heavy atom. The maximum absolute atomic E-state index is 11.1. The Balaban J connectivity index is 2.07. The summed E-state index contributed by atoms with van der Waals surface area (Å²) in [6, 6.07) is 4.95. The molecule has 1 aliphatic heterocycles. The summed E-state index contributed by atoms with van der Waals surface area (Å²) in [7, 11) is 0. The molecule has 4 nitrogen and oxygen atoms in total. The van der Waals surface area contributed by atoms with E-state index < -0.39 is 0 Å². The number of nitrogens with two attached hydrogens (primary N) is 1. The van der Waals surface area contributed by atoms with Crippen LogP contribution in [-0.4, -0.2) is 36.0 Å². The molecule has 5 heteroatoms. The van der Waals surface area contributed by atoms with Crippen LogP contribution in [0.4, 0.5) is 0 Å². The second-order valence-electron chi connectivity index (χ2n) is 5.43. The molecule has 1 saturated heterocycles. The zero-order valence-corrected chi connectivity index (χ0v) is 12.7. The average Bonchev–Trinajstić information content (AvgIpc) is 2.88. The van der Waals surface area contributed by atoms with Crippen LogP contribution in [0.25, 0.3) is 0 Å². The highest BCUT2D eigenvalue weighted by Gasteiger charge is 2.32. The van der Waals surface area contributed by atoms with E-state index in [2.05, 4.69) is 36.2 Å². The predicted octanol–water partition coefficient (Wildman–Crippen LogP) is 1.66. The molecular formula is C14H23N3OS. The van der Waals surface area contributed by atoms with Crippen LogP contribution < -0.4 is 11.1 Å². The molecular weight excluding hydrogens is 258 g/mol. The van der Waals surface area contributed by atoms with Gasteiger partial charge in [0.25, 0.3) is 0 Å². The van der Waals surface area contributed by atoms with Crippen molar-refractivity contribution < 1.29 is 4.79 Å². The second-order valence-corrected chi connectivity index (χ2v) is 6.75. The van der Waals surface area contributed by atoms with Gasteiger partial charge in [-0.1, -0.05) is 0 Å². The maximum Gasteiger partial charge on any atom is 0.217 e. The molecule has 0 aliphatic carbocycles. The number of carbonyl (C=O) groups is 1. The monoisotopic (exact) mass is 281 g/mol. The third-order valence-electron chi connectivity index (χ3n) is 3.57. The van der Waals surface area contributed by atoms with E-state index >= 15 is 0 Å². The molecule has 3 unspecified atom stereocenters. The van der Waals surface area contributed by atoms with Gasteiger partial charge in [-0.15, -0.1) is 11.3 Å². The number of hydrogen-bond donors (Lipinski definition) is 2. The van der Waals surface area contributed by atoms with Gasteiger partial charge in [-0.25, -0.2) is 0 Å². The van der Waals surface area contributed by atoms with Crippen molar-refractivity contribution in [1.82, 2.24) is 10.2 Å². The van der Waals surface area contributed by atoms with Crippen LogP contribution >= 0.6 is 11.3 Å². The first-order valence-electron chi connectivity index (χ1n) is 6.80. The fourth-order valence-corrected chi connectivity index (χ4v) is 3.96. The molecule has 1 amide bonds. The third kappa shape index (κ3) is 3.55. The standard InChI is InChI=1S/C14H23N3OS/c1-9-4-5-13(19-9)14(10(2)15)17-7-6-12(8-17)16-11(3)18/h4-5,10,12,14H,6-8,15H2,1-3H3,(H,16,18). The number of aryl methyl sites for hydroxylation is 1. The molecule has 1 aliphatic rings. The summed E-state index contributed by atoms with van der Waals surface area (Å²) in [4.78, 5) is 16.2. The van der Waals surface area contributed by atoms with E-state index in [0.717, 1.165) is 19.5 Å². The van der Waals surface area contributed by atoms with E-state index in [1.807, 2.05) is 11.3 Å². The molecule has 0 spiro atoms. The van der Waals surface area contributed by atoms with Gasteiger partial charge in [0, 0.05) is 41.9 Å². The van der Waals surface area contributed by atoms with Gasteiger partial charge in [-0.05, 0) is 32.4 Å². The molecule has 1 aromatic heterocycles. The largest absolute Gasteiger partial charge is 0.352 e. The molecule has 3 atom stereocenters. The van der Waals surface area contributed by atoms with Crippen molar-refractivity contribution in [3.05, 3.63) is 21.9 Å². The van der Waals surface area contributed by atoms with E-state index in [9.17, 15) is 4.79 Å². The van der Waals surface area contributed by atoms with Gasteiger partial charge in [0.1, 0.15) is 0 Å². The van der Waals surface area contributed by atoms with E-state index in [1.165, 1.54) is 9.75 Å². The van der Waals surface area contributed by atoms with Gasteiger partial charge in [0.15, 0.2) is 0 Å². The molecule has 0 aromatic carbocycles. The van der Waals surface area contributed by atoms with Crippen molar-refractivity contribution in [3.8, 4) is 0 Å². The molecule has 19 heavy (non-hydrogen) atoms. The quantitative estimate of drug-likeness (QED) is 0.882. The molecule has 1 fully saturated rings. The Morgan fingerprint density at radius 3 is 2.84 bits per heavy atom. The van der Waals surface area contributed by atoms with E-state index in [1.54, 1.807) is 6.92 Å². The highest BCUT2D eigenvalue weighted by atomic mass is 32.1. The first-order chi connectivity index (χ1) is 8.97. The summed E-state index contributed by atoms with van der Waals surface area (Å²) in [6.07, 6.45) is 1.01. The summed E-state index contributed by atoms with van der Waals surface area (Å²) in [5.41, 5.74) is 6.18. The van der Waals surface area contributed by atoms with E-state index in [4.69, 9.17) is 5.73 Å². The number of rotatable bonds is 4. The van der Waals surface area contributed by atoms with Crippen molar-refractivity contribution in [1.29, 1.82) is 0 Å². The summed E-state index contributed by atoms with van der Waals surface area (Å²) in [5, 5.41) is 3.00. The lowest BCUT2D eigenvalue weighted by atomic mass is 10.1. The van der Waals surface area contributed by atoms with Crippen LogP contribution in [-0.2, 0) is 4.79 Å². The normalized spacial score (nSPS) is 23.3. The van der Waals surface area contributed by atoms with Gasteiger partial charge in [0.2, 0.25) is 5.91 Å². The van der Waals surface area contributed by atoms with E-state index in [0.29, 0.717) is 0 Å². The number of carbonyl (C=O) groups excluding carboxylic acids is 1. The van der Waals surface area contributed by atoms with Crippen molar-refractivity contribution >= 4 is 17.2 Å². The zero-order valence-electron chi connectivity index (χ0n) is 11.8. The second kappa shape index (κ2) is 6.03. The summed E-state index contributed by atoms with van der Waals surface area (Å²) in [5.74, 6) is 0.0520. The number of thiophene rings is 1. The molecule has 2 rings (SSSR count). The minimum atomic E-state index is 0.0520. The van der Waals surface area contributed by atoms with Crippen LogP contribution in [0, 0.1) is 6.92 Å². The Bertz CT molecular complexity index is 444. The Morgan fingerprint density at radius 2 is 2.32 bits per heavy atom. The van der Waals surface area contributed by atoms with Crippen molar-refractivity contribution in [3.63, 3.8) is 0 Å². The molecule has 0 radical (unpaired) electrons. The third-order valence-corrected chi connectivity index (χ3v) is 4.64. The van der Waals surface area contributed by atoms with E-state index in [-0.39, 0.29) is 24.0 Å². The Labute approximate surface area is 119 Å². The van der Waals surface area contributed by atoms with Crippen LogP contribution in [0.2, 0.25) is 0 Å². The molecule has 0 saturated carbocycles. The predicted molar refractivity (Wildman–Crippen MR) is 79.2 cm³/mol. The van der Waals surface area contributed by atoms with Gasteiger partial charge in [-0.2, -0.15) is 0 Å². The summed E-state index contributed by atoms with van der Waals surface area (Å²) in [6.45, 7) is 7.65. The van der Waals surface area contributed by atoms with Crippen LogP contribution in [0.1, 0.15) is 36.1 Å². The lowest BCUT2D eigenvalue weighted by Crippen LogP contribution is -2.41. The van der Waals surface area contributed by atoms with Crippen LogP contribution in [0.15, 0.2) is 12.1 Å². The molecule has 0 bridgehead atoms. The average molecular weight is 281 g/mol. The first-order valence-corrected chi connectivity index (χ1v) is 7.62. The molecule has 106 valence electrons. The number of nitrogens with zero attached hydrogens (tertiary/aromatic N) is 1. The van der Waals surface area contributed by atoms with Crippen molar-refractivity contribution in [2.75, 3.05) is 13.1 Å². The number of likely N-dealkylation sites (tertiary alicyclic amines) is 1. The summed E-state index contributed by atoms with van der Waals surface area (Å²) < 4.78 is 0. The minimum Gasteiger partial charge on any atom is -0.352 e. The first kappa shape index (κ1) is 14.5. The minimum absolute atomic E-state index is 0.0520. The Hall–Kier alpha value is -0.910. The Kier molecular flexibility index (Phi) is 4.60. The van der Waals surface area contributed by atoms with Gasteiger partial charge >= 0.3 is 0 Å². The number of amides is 1. The van der Waals surface area contributed by atoms with Gasteiger partial charge in [-0.3, -0.25) is 9.69 Å². The van der Waals surface area contributed by atoms with Crippen molar-refractivity contribution in [2.45, 2.75) is 45.3 Å². The highest BCUT2D eigenvalue weighted by molar-refractivity contribution is 7.12. The maximum atomic E-state index is 11.1. The topological polar surface area (TPSA) is 58.4 Å². The highest BCUT2D eigenvalue weighted by Crippen LogP contribution is 2.32. The molecule has 2 heterocycles. The summed E-state index contributed by atoms with van der Waals surface area (Å²) >= 11 is 1.82. The van der Waals surface area contributed by atoms with Gasteiger partial charge in [0.05, 0.1) is 6.04 Å². The van der Waals surface area contributed by atoms with Gasteiger partial charge < -0.3 is 11.1 Å². The van der Waals surface area contributed by atoms with Crippen molar-refractivity contribution in [2.24, 2.45) is 5.73 Å². The number of nitrogens with one attached hydrogen (secondary N) is 1. The smallest absolute Gasteiger partial charge is 0.217 e. The SMILES string of the molecule is CC(=O)NC1CCN(C(c2ccc(C)s2)C(C)N)C1. The fourth-order valence-electron chi connectivity index (χ4n) is 2.83. The lowest BCUT2D eigenvalue weighted by Gasteiger charge is -2.30. The molecule has 1 aromatic rings. The van der Waals surface area contributed by atoms with Crippen LogP contribution in [0.3, 0.4) is 0 Å². The molecule has 3 N–H and O–H groups in total. The lowest BCUT2D eigenvalue weighted by molar-refractivity contribution is -0.119. The zero-order chi connectivity index (χ0) is 14.0. The fraction of sp³-hybridized carbons (Fsp3) is 0.643.